The van der Waals surface area contributed by atoms with Crippen molar-refractivity contribution in [2.45, 2.75) is 38.8 Å². The lowest BCUT2D eigenvalue weighted by Crippen LogP contribution is -2.37. The van der Waals surface area contributed by atoms with E-state index >= 15 is 0 Å². The number of hydrogen-bond donors (Lipinski definition) is 1. The predicted molar refractivity (Wildman–Crippen MR) is 125 cm³/mol. The molecule has 3 aromatic heterocycles. The Bertz CT molecular complexity index is 1360. The number of carbonyl (C=O) groups is 1. The molecule has 182 valence electrons. The van der Waals surface area contributed by atoms with Crippen molar-refractivity contribution in [3.8, 4) is 16.9 Å². The van der Waals surface area contributed by atoms with Crippen LogP contribution in [0.3, 0.4) is 0 Å². The molecule has 0 aliphatic carbocycles. The predicted octanol–water partition coefficient (Wildman–Crippen LogP) is 3.23. The minimum atomic E-state index is -0.410. The number of aryl methyl sites for hydroxylation is 3. The van der Waals surface area contributed by atoms with Crippen LogP contribution in [0.5, 0.6) is 5.75 Å². The van der Waals surface area contributed by atoms with Crippen molar-refractivity contribution >= 4 is 17.1 Å². The highest BCUT2D eigenvalue weighted by atomic mass is 19.1. The first-order valence-electron chi connectivity index (χ1n) is 11.5. The molecule has 35 heavy (non-hydrogen) atoms. The number of nitrogens with zero attached hydrogens (tertiary/aromatic N) is 4. The van der Waals surface area contributed by atoms with Crippen LogP contribution in [0.2, 0.25) is 0 Å². The number of rotatable bonds is 8. The number of imidazole rings is 1. The lowest BCUT2D eigenvalue weighted by Gasteiger charge is -2.13. The maximum Gasteiger partial charge on any atom is 0.240 e. The molecule has 1 aliphatic rings. The van der Waals surface area contributed by atoms with Gasteiger partial charge in [-0.1, -0.05) is 11.2 Å². The Balaban J connectivity index is 1.44. The molecule has 0 saturated carbocycles. The van der Waals surface area contributed by atoms with E-state index in [0.717, 1.165) is 28.8 Å². The van der Waals surface area contributed by atoms with Crippen LogP contribution in [-0.4, -0.2) is 52.0 Å². The van der Waals surface area contributed by atoms with E-state index in [4.69, 9.17) is 19.0 Å². The van der Waals surface area contributed by atoms with Gasteiger partial charge in [0.05, 0.1) is 25.5 Å². The van der Waals surface area contributed by atoms with Gasteiger partial charge in [0.25, 0.3) is 0 Å². The summed E-state index contributed by atoms with van der Waals surface area (Å²) in [5.74, 6) is 0.361. The largest absolute Gasteiger partial charge is 0.494 e. The monoisotopic (exact) mass is 479 g/mol. The average molecular weight is 480 g/mol. The molecular weight excluding hydrogens is 453 g/mol. The van der Waals surface area contributed by atoms with Crippen LogP contribution in [-0.2, 0) is 28.9 Å². The number of ether oxygens (including phenoxy) is 2. The summed E-state index contributed by atoms with van der Waals surface area (Å²) in [6, 6.07) is 6.83. The normalized spacial score (nSPS) is 15.6. The van der Waals surface area contributed by atoms with Crippen LogP contribution in [0.1, 0.15) is 23.5 Å². The number of methoxy groups -OCH3 is 1. The zero-order valence-corrected chi connectivity index (χ0v) is 19.6. The van der Waals surface area contributed by atoms with Gasteiger partial charge in [0, 0.05) is 30.4 Å². The summed E-state index contributed by atoms with van der Waals surface area (Å²) in [5, 5.41) is 6.96. The number of fused-ring (bicyclic) bond motifs is 1. The fraction of sp³-hybridized carbons (Fsp3) is 0.360. The van der Waals surface area contributed by atoms with Crippen molar-refractivity contribution in [3.63, 3.8) is 0 Å². The Morgan fingerprint density at radius 1 is 1.31 bits per heavy atom. The Labute approximate surface area is 201 Å². The summed E-state index contributed by atoms with van der Waals surface area (Å²) in [5.41, 5.74) is 4.50. The molecule has 1 amide bonds. The van der Waals surface area contributed by atoms with Crippen LogP contribution < -0.4 is 10.1 Å². The van der Waals surface area contributed by atoms with Gasteiger partial charge >= 0.3 is 0 Å². The molecule has 1 N–H and O–H groups in total. The zero-order valence-electron chi connectivity index (χ0n) is 19.6. The van der Waals surface area contributed by atoms with Gasteiger partial charge in [-0.2, -0.15) is 0 Å². The molecule has 0 bridgehead atoms. The van der Waals surface area contributed by atoms with E-state index < -0.39 is 5.82 Å². The third kappa shape index (κ3) is 4.88. The first-order chi connectivity index (χ1) is 17.0. The highest BCUT2D eigenvalue weighted by Gasteiger charge is 2.21. The number of hydrogen-bond acceptors (Lipinski definition) is 7. The highest BCUT2D eigenvalue weighted by Crippen LogP contribution is 2.26. The van der Waals surface area contributed by atoms with Crippen LogP contribution in [0.15, 0.2) is 41.2 Å². The molecule has 5 rings (SSSR count). The molecule has 4 aromatic rings. The van der Waals surface area contributed by atoms with Crippen molar-refractivity contribution in [2.24, 2.45) is 0 Å². The Kier molecular flexibility index (Phi) is 6.45. The number of amides is 1. The Morgan fingerprint density at radius 3 is 2.91 bits per heavy atom. The number of pyridine rings is 1. The van der Waals surface area contributed by atoms with Crippen molar-refractivity contribution in [1.82, 2.24) is 25.0 Å². The minimum Gasteiger partial charge on any atom is -0.494 e. The first kappa shape index (κ1) is 23.0. The molecule has 4 heterocycles. The van der Waals surface area contributed by atoms with Crippen LogP contribution in [0.25, 0.3) is 22.3 Å². The summed E-state index contributed by atoms with van der Waals surface area (Å²) < 4.78 is 31.4. The van der Waals surface area contributed by atoms with Gasteiger partial charge in [-0.25, -0.2) is 14.4 Å². The smallest absolute Gasteiger partial charge is 0.240 e. The van der Waals surface area contributed by atoms with E-state index in [2.05, 4.69) is 15.5 Å². The van der Waals surface area contributed by atoms with Crippen LogP contribution >= 0.6 is 0 Å². The van der Waals surface area contributed by atoms with Gasteiger partial charge in [0.15, 0.2) is 17.2 Å². The van der Waals surface area contributed by atoms with Crippen LogP contribution in [0.4, 0.5) is 4.39 Å². The molecule has 1 aromatic carbocycles. The van der Waals surface area contributed by atoms with E-state index in [-0.39, 0.29) is 24.2 Å². The second-order valence-electron chi connectivity index (χ2n) is 8.59. The van der Waals surface area contributed by atoms with Gasteiger partial charge < -0.3 is 23.9 Å². The first-order valence-corrected chi connectivity index (χ1v) is 11.5. The zero-order chi connectivity index (χ0) is 24.4. The van der Waals surface area contributed by atoms with E-state index in [1.807, 2.05) is 23.6 Å². The number of aromatic nitrogens is 4. The van der Waals surface area contributed by atoms with E-state index in [9.17, 15) is 9.18 Å². The minimum absolute atomic E-state index is 0.0131. The van der Waals surface area contributed by atoms with Gasteiger partial charge in [-0.05, 0) is 43.5 Å². The average Bonchev–Trinajstić information content (AvgIpc) is 3.58. The van der Waals surface area contributed by atoms with Crippen molar-refractivity contribution in [3.05, 3.63) is 59.6 Å². The van der Waals surface area contributed by atoms with Gasteiger partial charge in [0.1, 0.15) is 24.1 Å². The summed E-state index contributed by atoms with van der Waals surface area (Å²) >= 11 is 0. The maximum atomic E-state index is 14.2. The molecule has 0 spiro atoms. The third-order valence-corrected chi connectivity index (χ3v) is 6.17. The molecular formula is C25H26FN5O4. The Morgan fingerprint density at radius 2 is 2.20 bits per heavy atom. The molecule has 0 radical (unpaired) electrons. The topological polar surface area (TPSA) is 104 Å². The van der Waals surface area contributed by atoms with Crippen molar-refractivity contribution in [2.75, 3.05) is 20.3 Å². The summed E-state index contributed by atoms with van der Waals surface area (Å²) in [7, 11) is 1.44. The standard InChI is InChI=1S/C25H26FN5O4/c1-15-19(14-35-30-15)17-10-21-25(27-11-17)31(12-24(32)28-18-7-8-34-13-18)23(29-21)6-4-16-3-5-22(33-2)20(26)9-16/h3,5,9-11,14,18H,4,6-8,12-13H2,1-2H3,(H,28,32). The summed E-state index contributed by atoms with van der Waals surface area (Å²) in [4.78, 5) is 22.2. The molecule has 1 aliphatic heterocycles. The molecule has 1 fully saturated rings. The maximum absolute atomic E-state index is 14.2. The lowest BCUT2D eigenvalue weighted by atomic mass is 10.1. The molecule has 1 unspecified atom stereocenters. The third-order valence-electron chi connectivity index (χ3n) is 6.17. The molecule has 10 heteroatoms. The summed E-state index contributed by atoms with van der Waals surface area (Å²) in [6.07, 6.45) is 5.15. The van der Waals surface area contributed by atoms with Crippen molar-refractivity contribution < 1.29 is 23.2 Å². The van der Waals surface area contributed by atoms with E-state index in [0.29, 0.717) is 43.0 Å². The SMILES string of the molecule is COc1ccc(CCc2nc3cc(-c4conc4C)cnc3n2CC(=O)NC2CCOC2)cc1F. The number of carbonyl (C=O) groups excluding carboxylic acids is 1. The van der Waals surface area contributed by atoms with Gasteiger partial charge in [-0.15, -0.1) is 0 Å². The number of benzene rings is 1. The molecule has 9 nitrogen and oxygen atoms in total. The number of halogens is 1. The van der Waals surface area contributed by atoms with Gasteiger partial charge in [-0.3, -0.25) is 4.79 Å². The summed E-state index contributed by atoms with van der Waals surface area (Å²) in [6.45, 7) is 3.11. The molecule has 1 atom stereocenters. The fourth-order valence-corrected chi connectivity index (χ4v) is 4.32. The second kappa shape index (κ2) is 9.83. The quantitative estimate of drug-likeness (QED) is 0.414. The molecule has 1 saturated heterocycles. The van der Waals surface area contributed by atoms with Gasteiger partial charge in [0.2, 0.25) is 5.91 Å². The Hall–Kier alpha value is -3.79. The fourth-order valence-electron chi connectivity index (χ4n) is 4.32. The highest BCUT2D eigenvalue weighted by molar-refractivity contribution is 5.82. The lowest BCUT2D eigenvalue weighted by molar-refractivity contribution is -0.122. The number of nitrogens with one attached hydrogen (secondary N) is 1. The van der Waals surface area contributed by atoms with Crippen molar-refractivity contribution in [1.29, 1.82) is 0 Å². The second-order valence-corrected chi connectivity index (χ2v) is 8.59. The van der Waals surface area contributed by atoms with E-state index in [1.54, 1.807) is 18.5 Å². The van der Waals surface area contributed by atoms with E-state index in [1.165, 1.54) is 13.2 Å². The van der Waals surface area contributed by atoms with Crippen LogP contribution in [0, 0.1) is 12.7 Å².